The highest BCUT2D eigenvalue weighted by molar-refractivity contribution is 5.97. The number of nitrogens with one attached hydrogen (secondary N) is 5. The number of hydrogen-bond donors (Lipinski definition) is 9. The number of carbonyl (C=O) groups excluding carboxylic acids is 6. The molecule has 0 saturated carbocycles. The highest BCUT2D eigenvalue weighted by Crippen LogP contribution is 2.17. The maximum atomic E-state index is 14.3. The molecule has 1 aliphatic heterocycles. The fourth-order valence-electron chi connectivity index (χ4n) is 5.73. The Labute approximate surface area is 302 Å². The molecule has 2 unspecified atom stereocenters. The van der Waals surface area contributed by atoms with E-state index >= 15 is 0 Å². The second-order valence-electron chi connectivity index (χ2n) is 13.3. The summed E-state index contributed by atoms with van der Waals surface area (Å²) in [6, 6.07) is 10.7. The zero-order chi connectivity index (χ0) is 38.4. The smallest absolute Gasteiger partial charge is 0.266 e. The van der Waals surface area contributed by atoms with E-state index in [0.29, 0.717) is 10.6 Å². The maximum Gasteiger partial charge on any atom is 0.266 e. The van der Waals surface area contributed by atoms with Crippen molar-refractivity contribution in [1.29, 1.82) is 0 Å². The van der Waals surface area contributed by atoms with E-state index in [2.05, 4.69) is 26.7 Å². The van der Waals surface area contributed by atoms with Crippen LogP contribution in [-0.2, 0) is 41.7 Å². The molecule has 0 aliphatic carbocycles. The van der Waals surface area contributed by atoms with Gasteiger partial charge in [-0.3, -0.25) is 34.2 Å². The average molecular weight is 726 g/mol. The number of aliphatic hydroxyl groups is 3. The molecule has 52 heavy (non-hydrogen) atoms. The van der Waals surface area contributed by atoms with Crippen LogP contribution >= 0.6 is 0 Å². The Morgan fingerprint density at radius 2 is 1.52 bits per heavy atom. The summed E-state index contributed by atoms with van der Waals surface area (Å²) in [6.45, 7) is 3.62. The monoisotopic (exact) mass is 725 g/mol. The van der Waals surface area contributed by atoms with Crippen molar-refractivity contribution in [3.63, 3.8) is 0 Å². The van der Waals surface area contributed by atoms with E-state index in [1.54, 1.807) is 68.4 Å². The van der Waals surface area contributed by atoms with Gasteiger partial charge in [-0.15, -0.1) is 0 Å². The van der Waals surface area contributed by atoms with Gasteiger partial charge in [0, 0.05) is 25.4 Å². The fraction of sp³-hybridized carbons (Fsp3) is 0.500. The van der Waals surface area contributed by atoms with Gasteiger partial charge in [0.25, 0.3) is 5.91 Å². The maximum absolute atomic E-state index is 14.3. The van der Waals surface area contributed by atoms with Crippen LogP contribution in [0.5, 0.6) is 0 Å². The number of benzene rings is 2. The Hall–Kier alpha value is -4.90. The number of aliphatic hydroxyl groups excluding tert-OH is 3. The van der Waals surface area contributed by atoms with Crippen LogP contribution in [-0.4, -0.2) is 105 Å². The Morgan fingerprint density at radius 1 is 0.904 bits per heavy atom. The van der Waals surface area contributed by atoms with Crippen LogP contribution in [0.25, 0.3) is 0 Å². The lowest BCUT2D eigenvalue weighted by atomic mass is 9.94. The SMILES string of the molecule is CC(C)C[C@H](NC(=O)[C@H](Cc1ccccc1)N1NC(=O)[C@H](C(N)CO)CCC(=O)N[C@@H](CO)C1=O)C(=O)N[C@H](C(=O)NCc1ccccc1)C(C)O. The Kier molecular flexibility index (Phi) is 16.1. The van der Waals surface area contributed by atoms with Gasteiger partial charge in [-0.25, -0.2) is 5.01 Å². The van der Waals surface area contributed by atoms with Crippen LogP contribution in [0.15, 0.2) is 60.7 Å². The predicted molar refractivity (Wildman–Crippen MR) is 189 cm³/mol. The molecule has 1 saturated heterocycles. The number of carbonyl (C=O) groups is 6. The summed E-state index contributed by atoms with van der Waals surface area (Å²) < 4.78 is 0. The summed E-state index contributed by atoms with van der Waals surface area (Å²) in [7, 11) is 0. The van der Waals surface area contributed by atoms with Gasteiger partial charge in [-0.2, -0.15) is 0 Å². The minimum atomic E-state index is -1.54. The first kappa shape index (κ1) is 41.5. The molecule has 10 N–H and O–H groups in total. The minimum Gasteiger partial charge on any atom is -0.395 e. The van der Waals surface area contributed by atoms with E-state index in [4.69, 9.17) is 5.73 Å². The van der Waals surface area contributed by atoms with Crippen LogP contribution in [0.2, 0.25) is 0 Å². The highest BCUT2D eigenvalue weighted by Gasteiger charge is 2.40. The van der Waals surface area contributed by atoms with Crippen molar-refractivity contribution < 1.29 is 44.1 Å². The topological polar surface area (TPSA) is 253 Å². The molecule has 16 nitrogen and oxygen atoms in total. The molecule has 2 aromatic rings. The summed E-state index contributed by atoms with van der Waals surface area (Å²) in [5.74, 6) is -6.14. The fourth-order valence-corrected chi connectivity index (χ4v) is 5.73. The van der Waals surface area contributed by atoms with Gasteiger partial charge in [0.15, 0.2) is 0 Å². The quantitative estimate of drug-likeness (QED) is 0.0956. The average Bonchev–Trinajstić information content (AvgIpc) is 3.12. The van der Waals surface area contributed by atoms with Crippen molar-refractivity contribution in [2.24, 2.45) is 17.6 Å². The summed E-state index contributed by atoms with van der Waals surface area (Å²) in [5.41, 5.74) is 9.82. The molecule has 1 fully saturated rings. The van der Waals surface area contributed by atoms with Gasteiger partial charge in [0.05, 0.1) is 25.2 Å². The van der Waals surface area contributed by atoms with Gasteiger partial charge < -0.3 is 42.3 Å². The lowest BCUT2D eigenvalue weighted by Gasteiger charge is -2.36. The molecule has 0 spiro atoms. The molecular formula is C36H51N7O9. The van der Waals surface area contributed by atoms with Crippen molar-refractivity contribution in [1.82, 2.24) is 31.7 Å². The highest BCUT2D eigenvalue weighted by atomic mass is 16.3. The normalized spacial score (nSPS) is 19.7. The number of amides is 6. The molecule has 1 heterocycles. The Bertz CT molecular complexity index is 1510. The third kappa shape index (κ3) is 12.1. The van der Waals surface area contributed by atoms with E-state index in [0.717, 1.165) is 5.56 Å². The van der Waals surface area contributed by atoms with Crippen molar-refractivity contribution in [2.45, 2.75) is 89.3 Å². The molecule has 3 rings (SSSR count). The minimum absolute atomic E-state index is 0.0802. The molecule has 284 valence electrons. The van der Waals surface area contributed by atoms with Crippen LogP contribution in [0.3, 0.4) is 0 Å². The zero-order valence-electron chi connectivity index (χ0n) is 29.7. The Balaban J connectivity index is 1.96. The Morgan fingerprint density at radius 3 is 2.08 bits per heavy atom. The first-order valence-electron chi connectivity index (χ1n) is 17.3. The van der Waals surface area contributed by atoms with Gasteiger partial charge in [-0.05, 0) is 36.8 Å². The second kappa shape index (κ2) is 20.2. The predicted octanol–water partition coefficient (Wildman–Crippen LogP) is -1.62. The lowest BCUT2D eigenvalue weighted by molar-refractivity contribution is -0.154. The molecule has 0 aromatic heterocycles. The number of hydrogen-bond acceptors (Lipinski definition) is 10. The molecule has 0 radical (unpaired) electrons. The third-order valence-corrected chi connectivity index (χ3v) is 8.63. The number of rotatable bonds is 16. The molecule has 16 heteroatoms. The molecular weight excluding hydrogens is 674 g/mol. The summed E-state index contributed by atoms with van der Waals surface area (Å²) in [4.78, 5) is 81.4. The summed E-state index contributed by atoms with van der Waals surface area (Å²) in [6.07, 6.45) is -1.75. The molecule has 6 amide bonds. The number of nitrogens with two attached hydrogens (primary N) is 1. The van der Waals surface area contributed by atoms with E-state index in [1.807, 2.05) is 6.07 Å². The van der Waals surface area contributed by atoms with E-state index < -0.39 is 90.9 Å². The number of hydrazine groups is 1. The second-order valence-corrected chi connectivity index (χ2v) is 13.3. The van der Waals surface area contributed by atoms with Gasteiger partial charge in [-0.1, -0.05) is 74.5 Å². The molecule has 1 aliphatic rings. The first-order chi connectivity index (χ1) is 24.7. The molecule has 2 aromatic carbocycles. The van der Waals surface area contributed by atoms with Gasteiger partial charge in [0.1, 0.15) is 24.2 Å². The van der Waals surface area contributed by atoms with Crippen molar-refractivity contribution in [3.05, 3.63) is 71.8 Å². The third-order valence-electron chi connectivity index (χ3n) is 8.63. The lowest BCUT2D eigenvalue weighted by Crippen LogP contribution is -2.66. The molecule has 0 bridgehead atoms. The van der Waals surface area contributed by atoms with E-state index in [1.165, 1.54) is 6.92 Å². The van der Waals surface area contributed by atoms with Crippen LogP contribution < -0.4 is 32.4 Å². The van der Waals surface area contributed by atoms with Crippen molar-refractivity contribution in [2.75, 3.05) is 13.2 Å². The van der Waals surface area contributed by atoms with E-state index in [-0.39, 0.29) is 38.1 Å². The zero-order valence-corrected chi connectivity index (χ0v) is 29.7. The van der Waals surface area contributed by atoms with Crippen molar-refractivity contribution >= 4 is 35.4 Å². The van der Waals surface area contributed by atoms with Gasteiger partial charge >= 0.3 is 0 Å². The standard InChI is InChI=1S/C36H51N7O9/c1-21(2)16-27(33(49)41-31(22(3)46)35(51)38-18-24-12-8-5-9-13-24)40-34(50)29(17-23-10-6-4-7-11-23)43-36(52)28(20-45)39-30(47)15-14-25(26(37)19-44)32(48)42-43/h4-13,21-22,25-29,31,44-46H,14-20,37H2,1-3H3,(H,38,51)(H,39,47)(H,40,50)(H,41,49)(H,42,48)/t22?,25-,26?,27-,28-,29-,31-/m0/s1. The van der Waals surface area contributed by atoms with Crippen LogP contribution in [0.1, 0.15) is 51.2 Å². The van der Waals surface area contributed by atoms with Crippen molar-refractivity contribution in [3.8, 4) is 0 Å². The van der Waals surface area contributed by atoms with E-state index in [9.17, 15) is 44.1 Å². The van der Waals surface area contributed by atoms with Crippen LogP contribution in [0.4, 0.5) is 0 Å². The summed E-state index contributed by atoms with van der Waals surface area (Å²) >= 11 is 0. The van der Waals surface area contributed by atoms with Crippen LogP contribution in [0, 0.1) is 11.8 Å². The molecule has 7 atom stereocenters. The van der Waals surface area contributed by atoms with Gasteiger partial charge in [0.2, 0.25) is 29.5 Å². The number of nitrogens with zero attached hydrogens (tertiary/aromatic N) is 1. The summed E-state index contributed by atoms with van der Waals surface area (Å²) in [5, 5.41) is 41.3. The first-order valence-corrected chi connectivity index (χ1v) is 17.3. The largest absolute Gasteiger partial charge is 0.395 e.